The van der Waals surface area contributed by atoms with Crippen LogP contribution in [0, 0.1) is 0 Å². The van der Waals surface area contributed by atoms with Gasteiger partial charge in [0.2, 0.25) is 5.91 Å². The zero-order valence-corrected chi connectivity index (χ0v) is 9.64. The lowest BCUT2D eigenvalue weighted by Crippen LogP contribution is -2.21. The van der Waals surface area contributed by atoms with E-state index in [0.717, 1.165) is 0 Å². The summed E-state index contributed by atoms with van der Waals surface area (Å²) in [7, 11) is 0. The Labute approximate surface area is 101 Å². The Kier molecular flexibility index (Phi) is 3.26. The Morgan fingerprint density at radius 1 is 1.50 bits per heavy atom. The first-order valence-electron chi connectivity index (χ1n) is 4.46. The number of carbonyl (C=O) groups excluding carboxylic acids is 2. The van der Waals surface area contributed by atoms with Crippen LogP contribution >= 0.6 is 23.4 Å². The molecule has 16 heavy (non-hydrogen) atoms. The molecule has 2 amide bonds. The number of nitrogens with one attached hydrogen (secondary N) is 1. The number of thioether (sulfide) groups is 1. The fourth-order valence-electron chi connectivity index (χ4n) is 1.16. The van der Waals surface area contributed by atoms with Crippen molar-refractivity contribution in [2.24, 2.45) is 4.99 Å². The normalized spacial score (nSPS) is 17.6. The van der Waals surface area contributed by atoms with Crippen molar-refractivity contribution in [1.82, 2.24) is 5.32 Å². The number of halogens is 1. The zero-order chi connectivity index (χ0) is 11.5. The lowest BCUT2D eigenvalue weighted by molar-refractivity contribution is -0.116. The molecule has 1 N–H and O–H groups in total. The quantitative estimate of drug-likeness (QED) is 0.830. The van der Waals surface area contributed by atoms with Gasteiger partial charge < -0.3 is 5.32 Å². The largest absolute Gasteiger partial charge is 0.304 e. The molecule has 0 saturated carbocycles. The van der Waals surface area contributed by atoms with Gasteiger partial charge in [0.25, 0.3) is 5.91 Å². The number of aliphatic imine (C=N–C) groups is 1. The molecule has 1 saturated heterocycles. The summed E-state index contributed by atoms with van der Waals surface area (Å²) < 4.78 is 0. The van der Waals surface area contributed by atoms with E-state index in [4.69, 9.17) is 11.6 Å². The number of nitrogens with zero attached hydrogens (tertiary/aromatic N) is 1. The van der Waals surface area contributed by atoms with Crippen molar-refractivity contribution < 1.29 is 9.59 Å². The molecule has 1 aromatic rings. The van der Waals surface area contributed by atoms with Gasteiger partial charge in [-0.15, -0.1) is 0 Å². The first kappa shape index (κ1) is 11.2. The van der Waals surface area contributed by atoms with Gasteiger partial charge in [-0.2, -0.15) is 4.99 Å². The molecule has 0 radical (unpaired) electrons. The average Bonchev–Trinajstić information content (AvgIpc) is 2.64. The number of amidine groups is 1. The van der Waals surface area contributed by atoms with Crippen molar-refractivity contribution in [2.75, 3.05) is 5.75 Å². The molecule has 0 spiro atoms. The van der Waals surface area contributed by atoms with E-state index in [-0.39, 0.29) is 5.91 Å². The van der Waals surface area contributed by atoms with Gasteiger partial charge in [0.05, 0.1) is 5.75 Å². The van der Waals surface area contributed by atoms with Gasteiger partial charge in [-0.05, 0) is 18.2 Å². The Hall–Kier alpha value is -1.33. The fraction of sp³-hybridized carbons (Fsp3) is 0.100. The van der Waals surface area contributed by atoms with Crippen LogP contribution in [-0.4, -0.2) is 22.7 Å². The summed E-state index contributed by atoms with van der Waals surface area (Å²) in [6.07, 6.45) is 0. The lowest BCUT2D eigenvalue weighted by Gasteiger charge is -1.97. The van der Waals surface area contributed by atoms with Crippen LogP contribution in [0.15, 0.2) is 29.3 Å². The minimum absolute atomic E-state index is 0.136. The number of carbonyl (C=O) groups is 2. The standard InChI is InChI=1S/C10H7ClN2O2S/c11-7-3-1-2-6(4-7)9(15)13-10-12-8(14)5-16-10/h1-4H,5H2,(H,12,13,14,15). The van der Waals surface area contributed by atoms with Crippen LogP contribution in [0.3, 0.4) is 0 Å². The first-order chi connectivity index (χ1) is 7.65. The van der Waals surface area contributed by atoms with Crippen LogP contribution in [0.1, 0.15) is 10.4 Å². The van der Waals surface area contributed by atoms with Crippen LogP contribution in [0.25, 0.3) is 0 Å². The molecule has 2 rings (SSSR count). The van der Waals surface area contributed by atoms with Crippen LogP contribution in [0.2, 0.25) is 5.02 Å². The van der Waals surface area contributed by atoms with E-state index in [9.17, 15) is 9.59 Å². The molecule has 6 heteroatoms. The van der Waals surface area contributed by atoms with Gasteiger partial charge in [-0.25, -0.2) is 0 Å². The average molecular weight is 255 g/mol. The highest BCUT2D eigenvalue weighted by Crippen LogP contribution is 2.14. The molecule has 1 aliphatic rings. The molecule has 4 nitrogen and oxygen atoms in total. The minimum Gasteiger partial charge on any atom is -0.304 e. The van der Waals surface area contributed by atoms with Gasteiger partial charge in [-0.3, -0.25) is 9.59 Å². The Bertz CT molecular complexity index is 487. The van der Waals surface area contributed by atoms with Crippen molar-refractivity contribution in [1.29, 1.82) is 0 Å². The zero-order valence-electron chi connectivity index (χ0n) is 8.07. The van der Waals surface area contributed by atoms with Gasteiger partial charge in [0, 0.05) is 10.6 Å². The van der Waals surface area contributed by atoms with E-state index in [0.29, 0.717) is 21.5 Å². The Morgan fingerprint density at radius 3 is 2.94 bits per heavy atom. The fourth-order valence-corrected chi connectivity index (χ4v) is 2.03. The van der Waals surface area contributed by atoms with Crippen LogP contribution in [0.5, 0.6) is 0 Å². The summed E-state index contributed by atoms with van der Waals surface area (Å²) in [4.78, 5) is 26.3. The number of hydrogen-bond acceptors (Lipinski definition) is 3. The summed E-state index contributed by atoms with van der Waals surface area (Å²) in [6, 6.07) is 6.52. The number of benzene rings is 1. The van der Waals surface area contributed by atoms with Crippen molar-refractivity contribution >= 4 is 40.3 Å². The maximum absolute atomic E-state index is 11.6. The highest BCUT2D eigenvalue weighted by atomic mass is 35.5. The van der Waals surface area contributed by atoms with Crippen molar-refractivity contribution in [3.8, 4) is 0 Å². The van der Waals surface area contributed by atoms with Crippen LogP contribution in [0.4, 0.5) is 0 Å². The highest BCUT2D eigenvalue weighted by molar-refractivity contribution is 8.15. The topological polar surface area (TPSA) is 58.5 Å². The number of rotatable bonds is 1. The smallest absolute Gasteiger partial charge is 0.279 e. The summed E-state index contributed by atoms with van der Waals surface area (Å²) in [5.41, 5.74) is 0.404. The second kappa shape index (κ2) is 4.67. The van der Waals surface area contributed by atoms with Crippen LogP contribution < -0.4 is 5.32 Å². The SMILES string of the molecule is O=C1CSC(=NC(=O)c2cccc(Cl)c2)N1. The molecule has 0 atom stereocenters. The van der Waals surface area contributed by atoms with Crippen LogP contribution in [-0.2, 0) is 4.79 Å². The van der Waals surface area contributed by atoms with E-state index in [2.05, 4.69) is 10.3 Å². The molecule has 1 heterocycles. The summed E-state index contributed by atoms with van der Waals surface area (Å²) in [5.74, 6) is -0.239. The van der Waals surface area contributed by atoms with Crippen molar-refractivity contribution in [2.45, 2.75) is 0 Å². The Balaban J connectivity index is 2.17. The monoisotopic (exact) mass is 254 g/mol. The molecular formula is C10H7ClN2O2S. The number of hydrogen-bond donors (Lipinski definition) is 1. The molecule has 1 fully saturated rings. The van der Waals surface area contributed by atoms with E-state index in [1.54, 1.807) is 18.2 Å². The van der Waals surface area contributed by atoms with E-state index in [1.165, 1.54) is 17.8 Å². The first-order valence-corrected chi connectivity index (χ1v) is 5.83. The minimum atomic E-state index is -0.410. The van der Waals surface area contributed by atoms with E-state index < -0.39 is 5.91 Å². The second-order valence-corrected chi connectivity index (χ2v) is 4.47. The van der Waals surface area contributed by atoms with E-state index in [1.807, 2.05) is 0 Å². The molecule has 0 aliphatic carbocycles. The summed E-state index contributed by atoms with van der Waals surface area (Å²) in [6.45, 7) is 0. The summed E-state index contributed by atoms with van der Waals surface area (Å²) in [5, 5.41) is 3.31. The van der Waals surface area contributed by atoms with Crippen molar-refractivity contribution in [3.63, 3.8) is 0 Å². The maximum atomic E-state index is 11.6. The molecular weight excluding hydrogens is 248 g/mol. The van der Waals surface area contributed by atoms with Crippen molar-refractivity contribution in [3.05, 3.63) is 34.9 Å². The van der Waals surface area contributed by atoms with Gasteiger partial charge in [-0.1, -0.05) is 29.4 Å². The third-order valence-electron chi connectivity index (χ3n) is 1.86. The van der Waals surface area contributed by atoms with Gasteiger partial charge >= 0.3 is 0 Å². The van der Waals surface area contributed by atoms with E-state index >= 15 is 0 Å². The van der Waals surface area contributed by atoms with Gasteiger partial charge in [0.15, 0.2) is 5.17 Å². The molecule has 0 aromatic heterocycles. The third-order valence-corrected chi connectivity index (χ3v) is 2.97. The predicted molar refractivity (Wildman–Crippen MR) is 63.8 cm³/mol. The molecule has 82 valence electrons. The summed E-state index contributed by atoms with van der Waals surface area (Å²) >= 11 is 6.97. The Morgan fingerprint density at radius 2 is 2.31 bits per heavy atom. The number of amides is 2. The second-order valence-electron chi connectivity index (χ2n) is 3.07. The molecule has 1 aromatic carbocycles. The predicted octanol–water partition coefficient (Wildman–Crippen LogP) is 1.70. The van der Waals surface area contributed by atoms with Gasteiger partial charge in [0.1, 0.15) is 0 Å². The molecule has 1 aliphatic heterocycles. The lowest BCUT2D eigenvalue weighted by atomic mass is 10.2. The molecule has 0 unspecified atom stereocenters. The highest BCUT2D eigenvalue weighted by Gasteiger charge is 2.18. The third kappa shape index (κ3) is 2.62. The molecule has 0 bridgehead atoms. The maximum Gasteiger partial charge on any atom is 0.279 e.